The van der Waals surface area contributed by atoms with Gasteiger partial charge in [-0.25, -0.2) is 44.6 Å². The lowest BCUT2D eigenvalue weighted by Crippen LogP contribution is -2.40. The highest BCUT2D eigenvalue weighted by atomic mass is 35.5. The number of phosphoric acid groups is 1. The first kappa shape index (κ1) is 75.6. The number of amides is 3. The summed E-state index contributed by atoms with van der Waals surface area (Å²) in [5.74, 6) is -7.36. The standard InChI is InChI=1S/C59H68ClF10N8O14PS2/c1-53(2,3)90-45(81)29-75(52(82)88-31-89-93(83,91-54(4,5)6)92-55(7,8)9)21-13-14-44(80)78(94(84)85)27-42-47-40(60)18-17-37(49(47)77(73-42)30-57(63,64)65)36-16-15-35(19-20-56(10,11)95(12,86)87)71-48(36)41(24-32-22-33(61)25-34(62)23-32)72-43(79)28-76-51-46(50(74-76)59(68,69)70)38-26-39(38)58(51,66)67/h15-18,22-23,25,38-39,41H,13-14,21,24,26-31H2,1-12H3,(H,72,79)(H,84,85)/t38-,39+,41-/m0/s1. The summed E-state index contributed by atoms with van der Waals surface area (Å²) in [7, 11) is -8.41. The molecule has 1 fully saturated rings. The fourth-order valence-electron chi connectivity index (χ4n) is 10.1. The molecule has 5 aromatic rings. The monoisotopic (exact) mass is 1430 g/mol. The summed E-state index contributed by atoms with van der Waals surface area (Å²) >= 11 is 3.47. The molecule has 0 saturated heterocycles. The highest BCUT2D eigenvalue weighted by Gasteiger charge is 2.68. The summed E-state index contributed by atoms with van der Waals surface area (Å²) in [4.78, 5) is 60.4. The molecule has 2 aromatic carbocycles. The van der Waals surface area contributed by atoms with Crippen LogP contribution in [-0.4, -0.2) is 129 Å². The van der Waals surface area contributed by atoms with E-state index >= 15 is 17.6 Å². The van der Waals surface area contributed by atoms with E-state index in [-0.39, 0.29) is 37.8 Å². The molecular formula is C59H68ClF10N8O14PS2. The molecule has 36 heteroatoms. The number of hydrogen-bond donors (Lipinski definition) is 2. The molecule has 2 aliphatic rings. The van der Waals surface area contributed by atoms with Crippen LogP contribution in [0.1, 0.15) is 147 Å². The van der Waals surface area contributed by atoms with Gasteiger partial charge in [0.2, 0.25) is 18.6 Å². The first-order valence-corrected chi connectivity index (χ1v) is 33.7. The number of carbonyl (C=O) groups is 4. The van der Waals surface area contributed by atoms with Gasteiger partial charge in [0.05, 0.1) is 45.7 Å². The van der Waals surface area contributed by atoms with Crippen LogP contribution in [0.25, 0.3) is 22.0 Å². The molecule has 1 unspecified atom stereocenters. The van der Waals surface area contributed by atoms with E-state index in [1.165, 1.54) is 34.6 Å². The summed E-state index contributed by atoms with van der Waals surface area (Å²) in [6, 6.07) is 4.81. The highest BCUT2D eigenvalue weighted by Crippen LogP contribution is 2.68. The van der Waals surface area contributed by atoms with Crippen LogP contribution >= 0.6 is 19.4 Å². The van der Waals surface area contributed by atoms with Gasteiger partial charge in [0.15, 0.2) is 15.5 Å². The summed E-state index contributed by atoms with van der Waals surface area (Å²) in [6.45, 7) is 9.54. The molecule has 2 aliphatic carbocycles. The smallest absolute Gasteiger partial charge is 0.459 e. The first-order valence-electron chi connectivity index (χ1n) is 28.9. The number of halogens is 11. The zero-order chi connectivity index (χ0) is 71.3. The van der Waals surface area contributed by atoms with Crippen LogP contribution in [0.2, 0.25) is 5.02 Å². The molecule has 3 aromatic heterocycles. The van der Waals surface area contributed by atoms with E-state index in [2.05, 4.69) is 32.3 Å². The zero-order valence-electron chi connectivity index (χ0n) is 53.2. The molecule has 3 heterocycles. The molecule has 95 heavy (non-hydrogen) atoms. The molecule has 2 N–H and O–H groups in total. The van der Waals surface area contributed by atoms with Gasteiger partial charge in [0.1, 0.15) is 53.0 Å². The lowest BCUT2D eigenvalue weighted by Gasteiger charge is -2.31. The fourth-order valence-corrected chi connectivity index (χ4v) is 12.8. The molecule has 0 bridgehead atoms. The Morgan fingerprint density at radius 1 is 0.895 bits per heavy atom. The molecule has 7 rings (SSSR count). The predicted molar refractivity (Wildman–Crippen MR) is 322 cm³/mol. The van der Waals surface area contributed by atoms with E-state index in [9.17, 15) is 67.3 Å². The molecule has 0 aliphatic heterocycles. The summed E-state index contributed by atoms with van der Waals surface area (Å²) in [6.07, 6.45) is -13.0. The van der Waals surface area contributed by atoms with Crippen molar-refractivity contribution in [1.82, 2.24) is 39.1 Å². The maximum absolute atomic E-state index is 15.8. The van der Waals surface area contributed by atoms with Gasteiger partial charge in [0.25, 0.3) is 17.2 Å². The van der Waals surface area contributed by atoms with Crippen LogP contribution in [0.15, 0.2) is 42.5 Å². The number of benzene rings is 2. The zero-order valence-corrected chi connectivity index (χ0v) is 56.4. The van der Waals surface area contributed by atoms with Gasteiger partial charge in [-0.2, -0.15) is 45.3 Å². The van der Waals surface area contributed by atoms with E-state index in [0.29, 0.717) is 10.7 Å². The normalized spacial score (nSPS) is 16.5. The quantitative estimate of drug-likeness (QED) is 0.0154. The Bertz CT molecular complexity index is 4020. The topological polar surface area (TPSA) is 270 Å². The number of hydrogen-bond acceptors (Lipinski definition) is 16. The second kappa shape index (κ2) is 27.6. The van der Waals surface area contributed by atoms with Crippen LogP contribution in [0.5, 0.6) is 0 Å². The van der Waals surface area contributed by atoms with E-state index in [1.54, 1.807) is 41.5 Å². The van der Waals surface area contributed by atoms with Crippen molar-refractivity contribution in [2.75, 3.05) is 26.1 Å². The highest BCUT2D eigenvalue weighted by molar-refractivity contribution is 7.92. The van der Waals surface area contributed by atoms with Crippen LogP contribution in [0.3, 0.4) is 0 Å². The summed E-state index contributed by atoms with van der Waals surface area (Å²) < 4.78 is 238. The molecule has 4 atom stereocenters. The van der Waals surface area contributed by atoms with E-state index in [4.69, 9.17) is 34.6 Å². The molecule has 3 amide bonds. The van der Waals surface area contributed by atoms with Crippen molar-refractivity contribution in [3.8, 4) is 23.0 Å². The number of sulfone groups is 1. The number of ether oxygens (including phenoxy) is 2. The van der Waals surface area contributed by atoms with Gasteiger partial charge in [-0.15, -0.1) is 0 Å². The Balaban J connectivity index is 1.29. The van der Waals surface area contributed by atoms with Gasteiger partial charge in [0, 0.05) is 53.3 Å². The number of rotatable bonds is 23. The van der Waals surface area contributed by atoms with Gasteiger partial charge >= 0.3 is 32.2 Å². The Morgan fingerprint density at radius 2 is 1.51 bits per heavy atom. The molecule has 0 spiro atoms. The van der Waals surface area contributed by atoms with Crippen molar-refractivity contribution >= 4 is 75.3 Å². The fraction of sp³-hybridized carbons (Fsp3) is 0.542. The Hall–Kier alpha value is -6.73. The van der Waals surface area contributed by atoms with Crippen molar-refractivity contribution in [2.24, 2.45) is 5.92 Å². The van der Waals surface area contributed by atoms with Gasteiger partial charge in [-0.1, -0.05) is 23.6 Å². The van der Waals surface area contributed by atoms with Crippen LogP contribution < -0.4 is 5.32 Å². The SMILES string of the molecule is CC(C)(C)OC(=O)CN(CCCC(=O)N(Cc1nn(CC(F)(F)F)c2c(-c3ccc(C#CC(C)(C)S(C)(=O)=O)nc3[C@H](Cc3cc(F)cc(F)c3)NC(=O)Cn3nc(C(F)(F)F)c4c3C(F)(F)[C@@H]3C[C@H]43)ccc(Cl)c12)S(=O)O)C(=O)OCOP(=O)(OC(C)(C)C)OC(C)(C)C. The number of pyridine rings is 1. The summed E-state index contributed by atoms with van der Waals surface area (Å²) in [5.41, 5.74) is -9.71. The summed E-state index contributed by atoms with van der Waals surface area (Å²) in [5, 5.41) is 9.16. The number of phosphoric ester groups is 1. The number of esters is 1. The number of aromatic nitrogens is 5. The van der Waals surface area contributed by atoms with Crippen molar-refractivity contribution < 1.29 is 108 Å². The van der Waals surface area contributed by atoms with Crippen LogP contribution in [0, 0.1) is 29.4 Å². The van der Waals surface area contributed by atoms with Crippen molar-refractivity contribution in [3.05, 3.63) is 98.7 Å². The molecular weight excluding hydrogens is 1370 g/mol. The van der Waals surface area contributed by atoms with E-state index in [1.807, 2.05) is 0 Å². The maximum Gasteiger partial charge on any atom is 0.478 e. The second-order valence-corrected chi connectivity index (χ2v) is 31.3. The Morgan fingerprint density at radius 3 is 2.06 bits per heavy atom. The van der Waals surface area contributed by atoms with Crippen LogP contribution in [0.4, 0.5) is 48.7 Å². The molecule has 1 saturated carbocycles. The minimum Gasteiger partial charge on any atom is -0.459 e. The average Bonchev–Trinajstić information content (AvgIpc) is 1.52. The predicted octanol–water partition coefficient (Wildman–Crippen LogP) is 12.0. The van der Waals surface area contributed by atoms with Crippen molar-refractivity contribution in [2.45, 2.75) is 173 Å². The lowest BCUT2D eigenvalue weighted by atomic mass is 9.93. The third-order valence-corrected chi connectivity index (χ3v) is 19.1. The van der Waals surface area contributed by atoms with Gasteiger partial charge < -0.3 is 14.8 Å². The molecule has 22 nitrogen and oxygen atoms in total. The Labute approximate surface area is 547 Å². The second-order valence-electron chi connectivity index (χ2n) is 25.9. The van der Waals surface area contributed by atoms with Crippen LogP contribution in [-0.2, 0) is 101 Å². The molecule has 0 radical (unpaired) electrons. The minimum atomic E-state index is -5.26. The average molecular weight is 1430 g/mol. The first-order chi connectivity index (χ1) is 43.4. The van der Waals surface area contributed by atoms with E-state index < -0.39 is 225 Å². The number of nitrogens with one attached hydrogen (secondary N) is 1. The van der Waals surface area contributed by atoms with E-state index in [0.717, 1.165) is 47.6 Å². The third kappa shape index (κ3) is 19.3. The third-order valence-electron chi connectivity index (χ3n) is 14.1. The number of carbonyl (C=O) groups excluding carboxylic acids is 4. The maximum atomic E-state index is 15.8. The largest absolute Gasteiger partial charge is 0.478 e. The number of nitrogens with zero attached hydrogens (tertiary/aromatic N) is 7. The lowest BCUT2D eigenvalue weighted by molar-refractivity contribution is -0.156. The number of fused-ring (bicyclic) bond motifs is 4. The Kier molecular flexibility index (Phi) is 22.0. The molecule has 522 valence electrons. The van der Waals surface area contributed by atoms with Gasteiger partial charge in [-0.05, 0) is 143 Å². The van der Waals surface area contributed by atoms with Gasteiger partial charge in [-0.3, -0.25) is 42.2 Å². The number of alkyl halides is 8. The van der Waals surface area contributed by atoms with Crippen molar-refractivity contribution in [3.63, 3.8) is 0 Å². The van der Waals surface area contributed by atoms with Crippen molar-refractivity contribution in [1.29, 1.82) is 0 Å². The minimum absolute atomic E-state index is 0.182.